The third kappa shape index (κ3) is 2.43. The first-order valence-electron chi connectivity index (χ1n) is 3.43. The molecule has 1 aromatic rings. The van der Waals surface area contributed by atoms with Gasteiger partial charge in [0, 0.05) is 11.7 Å². The fraction of sp³-hybridized carbons (Fsp3) is 0.125. The SMILES string of the molecule is Nc1ncccc1OC/C=C/Cl. The number of nitrogens with zero attached hydrogens (tertiary/aromatic N) is 1. The molecule has 0 spiro atoms. The largest absolute Gasteiger partial charge is 0.486 e. The monoisotopic (exact) mass is 184 g/mol. The Balaban J connectivity index is 2.57. The van der Waals surface area contributed by atoms with Gasteiger partial charge in [-0.1, -0.05) is 11.6 Å². The molecule has 12 heavy (non-hydrogen) atoms. The van der Waals surface area contributed by atoms with Gasteiger partial charge in [-0.2, -0.15) is 0 Å². The minimum absolute atomic E-state index is 0.389. The number of ether oxygens (including phenoxy) is 1. The number of halogens is 1. The minimum atomic E-state index is 0.389. The van der Waals surface area contributed by atoms with Crippen LogP contribution in [0.2, 0.25) is 0 Å². The molecule has 0 aromatic carbocycles. The van der Waals surface area contributed by atoms with Gasteiger partial charge in [0.2, 0.25) is 0 Å². The molecule has 0 aliphatic rings. The Morgan fingerprint density at radius 1 is 1.67 bits per heavy atom. The lowest BCUT2D eigenvalue weighted by molar-refractivity contribution is 0.364. The lowest BCUT2D eigenvalue weighted by atomic mass is 10.4. The van der Waals surface area contributed by atoms with Gasteiger partial charge in [0.25, 0.3) is 0 Å². The summed E-state index contributed by atoms with van der Waals surface area (Å²) in [6.45, 7) is 0.402. The van der Waals surface area contributed by atoms with E-state index in [1.54, 1.807) is 24.4 Å². The van der Waals surface area contributed by atoms with Gasteiger partial charge >= 0.3 is 0 Å². The van der Waals surface area contributed by atoms with E-state index in [2.05, 4.69) is 4.98 Å². The molecule has 2 N–H and O–H groups in total. The molecule has 0 atom stereocenters. The second-order valence-electron chi connectivity index (χ2n) is 2.06. The minimum Gasteiger partial charge on any atom is -0.486 e. The average Bonchev–Trinajstić information content (AvgIpc) is 2.09. The highest BCUT2D eigenvalue weighted by Gasteiger charge is 1.96. The van der Waals surface area contributed by atoms with E-state index >= 15 is 0 Å². The first kappa shape index (κ1) is 8.87. The van der Waals surface area contributed by atoms with Crippen molar-refractivity contribution in [1.82, 2.24) is 4.98 Å². The van der Waals surface area contributed by atoms with Crippen molar-refractivity contribution in [1.29, 1.82) is 0 Å². The summed E-state index contributed by atoms with van der Waals surface area (Å²) in [5, 5.41) is 0. The zero-order chi connectivity index (χ0) is 8.81. The third-order valence-electron chi connectivity index (χ3n) is 1.22. The van der Waals surface area contributed by atoms with Gasteiger partial charge in [-0.25, -0.2) is 4.98 Å². The molecule has 1 rings (SSSR count). The Hall–Kier alpha value is -1.22. The normalized spacial score (nSPS) is 10.4. The van der Waals surface area contributed by atoms with Crippen LogP contribution in [-0.2, 0) is 0 Å². The number of hydrogen-bond acceptors (Lipinski definition) is 3. The molecule has 0 fully saturated rings. The maximum Gasteiger partial charge on any atom is 0.166 e. The summed E-state index contributed by atoms with van der Waals surface area (Å²) in [5.41, 5.74) is 6.90. The summed E-state index contributed by atoms with van der Waals surface area (Å²) >= 11 is 5.30. The van der Waals surface area contributed by atoms with Crippen LogP contribution in [0.25, 0.3) is 0 Å². The van der Waals surface area contributed by atoms with Crippen molar-refractivity contribution in [2.24, 2.45) is 0 Å². The highest BCUT2D eigenvalue weighted by Crippen LogP contribution is 2.16. The van der Waals surface area contributed by atoms with Crippen LogP contribution in [0.5, 0.6) is 5.75 Å². The fourth-order valence-corrected chi connectivity index (χ4v) is 0.772. The standard InChI is InChI=1S/C8H9ClN2O/c9-4-2-6-12-7-3-1-5-11-8(7)10/h1-5H,6H2,(H2,10,11)/b4-2+. The van der Waals surface area contributed by atoms with Crippen molar-refractivity contribution in [2.45, 2.75) is 0 Å². The maximum absolute atomic E-state index is 5.51. The zero-order valence-electron chi connectivity index (χ0n) is 6.40. The summed E-state index contributed by atoms with van der Waals surface area (Å²) in [4.78, 5) is 3.85. The first-order chi connectivity index (χ1) is 5.84. The van der Waals surface area contributed by atoms with Gasteiger partial charge in [0.1, 0.15) is 6.61 Å². The molecule has 0 amide bonds. The fourth-order valence-electron chi connectivity index (χ4n) is 0.699. The molecule has 3 nitrogen and oxygen atoms in total. The Bertz CT molecular complexity index is 276. The Morgan fingerprint density at radius 2 is 2.50 bits per heavy atom. The van der Waals surface area contributed by atoms with Crippen LogP contribution in [0.3, 0.4) is 0 Å². The Morgan fingerprint density at radius 3 is 3.17 bits per heavy atom. The number of pyridine rings is 1. The molecular weight excluding hydrogens is 176 g/mol. The topological polar surface area (TPSA) is 48.1 Å². The third-order valence-corrected chi connectivity index (χ3v) is 1.40. The number of hydrogen-bond donors (Lipinski definition) is 1. The van der Waals surface area contributed by atoms with Crippen molar-refractivity contribution in [3.63, 3.8) is 0 Å². The summed E-state index contributed by atoms with van der Waals surface area (Å²) in [6.07, 6.45) is 3.29. The van der Waals surface area contributed by atoms with Crippen molar-refractivity contribution >= 4 is 17.4 Å². The van der Waals surface area contributed by atoms with Crippen LogP contribution in [0, 0.1) is 0 Å². The maximum atomic E-state index is 5.51. The van der Waals surface area contributed by atoms with Crippen LogP contribution in [0.15, 0.2) is 29.9 Å². The molecule has 0 bridgehead atoms. The zero-order valence-corrected chi connectivity index (χ0v) is 7.16. The second-order valence-corrected chi connectivity index (χ2v) is 2.31. The van der Waals surface area contributed by atoms with E-state index in [9.17, 15) is 0 Å². The van der Waals surface area contributed by atoms with Gasteiger partial charge in [-0.3, -0.25) is 0 Å². The molecule has 0 saturated carbocycles. The molecule has 0 unspecified atom stereocenters. The molecule has 1 heterocycles. The Labute approximate surface area is 75.8 Å². The highest BCUT2D eigenvalue weighted by atomic mass is 35.5. The van der Waals surface area contributed by atoms with Crippen molar-refractivity contribution in [3.05, 3.63) is 29.9 Å². The molecule has 1 aromatic heterocycles. The van der Waals surface area contributed by atoms with Crippen LogP contribution in [0.4, 0.5) is 5.82 Å². The van der Waals surface area contributed by atoms with Gasteiger partial charge in [0.15, 0.2) is 11.6 Å². The van der Waals surface area contributed by atoms with E-state index in [4.69, 9.17) is 22.1 Å². The molecule has 0 saturated heterocycles. The van der Waals surface area contributed by atoms with E-state index in [-0.39, 0.29) is 0 Å². The molecule has 0 radical (unpaired) electrons. The molecule has 4 heteroatoms. The number of nitrogens with two attached hydrogens (primary N) is 1. The van der Waals surface area contributed by atoms with Gasteiger partial charge in [0.05, 0.1) is 0 Å². The van der Waals surface area contributed by atoms with E-state index in [1.165, 1.54) is 5.54 Å². The van der Waals surface area contributed by atoms with E-state index < -0.39 is 0 Å². The number of anilines is 1. The second kappa shape index (κ2) is 4.62. The highest BCUT2D eigenvalue weighted by molar-refractivity contribution is 6.25. The summed E-state index contributed by atoms with van der Waals surface area (Å²) < 4.78 is 5.22. The first-order valence-corrected chi connectivity index (χ1v) is 3.86. The molecular formula is C8H9ClN2O. The summed E-state index contributed by atoms with van der Waals surface area (Å²) in [6, 6.07) is 3.51. The number of nitrogen functional groups attached to an aromatic ring is 1. The predicted molar refractivity (Wildman–Crippen MR) is 49.1 cm³/mol. The van der Waals surface area contributed by atoms with Crippen molar-refractivity contribution in [3.8, 4) is 5.75 Å². The summed E-state index contributed by atoms with van der Waals surface area (Å²) in [7, 11) is 0. The van der Waals surface area contributed by atoms with E-state index in [1.807, 2.05) is 0 Å². The molecule has 0 aliphatic heterocycles. The van der Waals surface area contributed by atoms with Crippen LogP contribution < -0.4 is 10.5 Å². The van der Waals surface area contributed by atoms with Gasteiger partial charge in [-0.05, 0) is 18.2 Å². The van der Waals surface area contributed by atoms with E-state index in [0.717, 1.165) is 0 Å². The lowest BCUT2D eigenvalue weighted by Gasteiger charge is -2.03. The molecule has 64 valence electrons. The van der Waals surface area contributed by atoms with E-state index in [0.29, 0.717) is 18.2 Å². The van der Waals surface area contributed by atoms with Gasteiger partial charge in [-0.15, -0.1) is 0 Å². The average molecular weight is 185 g/mol. The van der Waals surface area contributed by atoms with Crippen LogP contribution in [0.1, 0.15) is 0 Å². The molecule has 0 aliphatic carbocycles. The van der Waals surface area contributed by atoms with Crippen molar-refractivity contribution in [2.75, 3.05) is 12.3 Å². The number of aromatic nitrogens is 1. The van der Waals surface area contributed by atoms with Crippen molar-refractivity contribution < 1.29 is 4.74 Å². The Kier molecular flexibility index (Phi) is 3.41. The van der Waals surface area contributed by atoms with Gasteiger partial charge < -0.3 is 10.5 Å². The van der Waals surface area contributed by atoms with Crippen LogP contribution in [-0.4, -0.2) is 11.6 Å². The van der Waals surface area contributed by atoms with Crippen LogP contribution >= 0.6 is 11.6 Å². The quantitative estimate of drug-likeness (QED) is 0.779. The predicted octanol–water partition coefficient (Wildman–Crippen LogP) is 1.80. The smallest absolute Gasteiger partial charge is 0.166 e. The number of rotatable bonds is 3. The lowest BCUT2D eigenvalue weighted by Crippen LogP contribution is -1.98. The summed E-state index contributed by atoms with van der Waals surface area (Å²) in [5.74, 6) is 0.965.